The molecule has 0 spiro atoms. The van der Waals surface area contributed by atoms with Crippen LogP contribution >= 0.6 is 0 Å². The largest absolute Gasteiger partial charge is 0.497 e. The standard InChI is InChI=1S/C34H42O5/c1-3-4-5-6-7-8-9-10-11-12-13-14-15-16-17-18-33(35)39-28-21-19-27(20-22-28)31-26-38-32-25-29(37-2)23-24-30(32)34(31)36/h7-8,10-11,19-26H,3-6,9,12-18H2,1-2H3/b8-7-,11-10-. The molecule has 0 aliphatic carbocycles. The first-order valence-corrected chi connectivity index (χ1v) is 14.3. The molecule has 0 bridgehead atoms. The molecule has 5 heteroatoms. The summed E-state index contributed by atoms with van der Waals surface area (Å²) in [7, 11) is 1.57. The normalized spacial score (nSPS) is 11.5. The Balaban J connectivity index is 1.31. The minimum absolute atomic E-state index is 0.120. The van der Waals surface area contributed by atoms with Crippen LogP contribution in [-0.4, -0.2) is 13.1 Å². The molecule has 208 valence electrons. The van der Waals surface area contributed by atoms with Gasteiger partial charge in [-0.1, -0.05) is 75.5 Å². The Labute approximate surface area is 232 Å². The number of benzene rings is 2. The van der Waals surface area contributed by atoms with Crippen molar-refractivity contribution in [2.45, 2.75) is 84.0 Å². The molecule has 0 aliphatic heterocycles. The van der Waals surface area contributed by atoms with Crippen LogP contribution in [0.4, 0.5) is 0 Å². The Kier molecular flexibility index (Phi) is 13.1. The fourth-order valence-corrected chi connectivity index (χ4v) is 4.40. The van der Waals surface area contributed by atoms with E-state index >= 15 is 0 Å². The van der Waals surface area contributed by atoms with E-state index in [0.717, 1.165) is 32.1 Å². The predicted molar refractivity (Wildman–Crippen MR) is 159 cm³/mol. The number of fused-ring (bicyclic) bond motifs is 1. The summed E-state index contributed by atoms with van der Waals surface area (Å²) in [5.41, 5.74) is 1.51. The van der Waals surface area contributed by atoms with Crippen molar-refractivity contribution in [3.63, 3.8) is 0 Å². The maximum Gasteiger partial charge on any atom is 0.311 e. The third-order valence-corrected chi connectivity index (χ3v) is 6.71. The van der Waals surface area contributed by atoms with Crippen molar-refractivity contribution >= 4 is 16.9 Å². The SMILES string of the molecule is CCCCC/C=C\C/C=C\CCCCCCCC(=O)Oc1ccc(-c2coc3cc(OC)ccc3c2=O)cc1. The van der Waals surface area contributed by atoms with E-state index in [4.69, 9.17) is 13.9 Å². The summed E-state index contributed by atoms with van der Waals surface area (Å²) in [6, 6.07) is 12.1. The van der Waals surface area contributed by atoms with Crippen molar-refractivity contribution in [3.05, 3.63) is 83.3 Å². The first kappa shape index (κ1) is 29.9. The number of rotatable bonds is 17. The van der Waals surface area contributed by atoms with Gasteiger partial charge in [-0.25, -0.2) is 0 Å². The predicted octanol–water partition coefficient (Wildman–Crippen LogP) is 9.19. The summed E-state index contributed by atoms with van der Waals surface area (Å²) < 4.78 is 16.3. The van der Waals surface area contributed by atoms with E-state index in [-0.39, 0.29) is 11.4 Å². The molecule has 0 N–H and O–H groups in total. The van der Waals surface area contributed by atoms with E-state index in [2.05, 4.69) is 31.2 Å². The highest BCUT2D eigenvalue weighted by Crippen LogP contribution is 2.25. The number of esters is 1. The monoisotopic (exact) mass is 530 g/mol. The zero-order valence-corrected chi connectivity index (χ0v) is 23.5. The Bertz CT molecular complexity index is 1270. The molecule has 0 aliphatic rings. The highest BCUT2D eigenvalue weighted by molar-refractivity contribution is 5.82. The van der Waals surface area contributed by atoms with Gasteiger partial charge in [0.2, 0.25) is 0 Å². The van der Waals surface area contributed by atoms with Gasteiger partial charge in [0, 0.05) is 12.5 Å². The summed E-state index contributed by atoms with van der Waals surface area (Å²) in [6.07, 6.45) is 23.6. The zero-order valence-electron chi connectivity index (χ0n) is 23.5. The molecule has 39 heavy (non-hydrogen) atoms. The van der Waals surface area contributed by atoms with Crippen LogP contribution in [0.25, 0.3) is 22.1 Å². The first-order valence-electron chi connectivity index (χ1n) is 14.3. The van der Waals surface area contributed by atoms with E-state index in [9.17, 15) is 9.59 Å². The van der Waals surface area contributed by atoms with Crippen LogP contribution in [0.2, 0.25) is 0 Å². The van der Waals surface area contributed by atoms with E-state index in [1.54, 1.807) is 49.6 Å². The molecule has 0 fully saturated rings. The lowest BCUT2D eigenvalue weighted by atomic mass is 10.1. The van der Waals surface area contributed by atoms with Crippen LogP contribution in [-0.2, 0) is 4.79 Å². The molecule has 1 heterocycles. The number of allylic oxidation sites excluding steroid dienone is 4. The molecule has 0 radical (unpaired) electrons. The van der Waals surface area contributed by atoms with Gasteiger partial charge in [0.25, 0.3) is 0 Å². The molecule has 3 aromatic rings. The van der Waals surface area contributed by atoms with Crippen molar-refractivity contribution in [2.75, 3.05) is 7.11 Å². The highest BCUT2D eigenvalue weighted by Gasteiger charge is 2.11. The second-order valence-corrected chi connectivity index (χ2v) is 9.82. The molecule has 0 saturated heterocycles. The smallest absolute Gasteiger partial charge is 0.311 e. The lowest BCUT2D eigenvalue weighted by molar-refractivity contribution is -0.134. The van der Waals surface area contributed by atoms with Gasteiger partial charge in [0.15, 0.2) is 5.43 Å². The Hall–Kier alpha value is -3.60. The molecule has 3 rings (SSSR count). The van der Waals surface area contributed by atoms with Crippen LogP contribution < -0.4 is 14.9 Å². The van der Waals surface area contributed by atoms with Crippen molar-refractivity contribution in [2.24, 2.45) is 0 Å². The summed E-state index contributed by atoms with van der Waals surface area (Å²) >= 11 is 0. The minimum Gasteiger partial charge on any atom is -0.497 e. The quantitative estimate of drug-likeness (QED) is 0.0753. The maximum absolute atomic E-state index is 12.9. The van der Waals surface area contributed by atoms with Gasteiger partial charge in [0.05, 0.1) is 18.1 Å². The van der Waals surface area contributed by atoms with E-state index in [0.29, 0.717) is 40.0 Å². The van der Waals surface area contributed by atoms with Gasteiger partial charge in [-0.3, -0.25) is 9.59 Å². The van der Waals surface area contributed by atoms with Crippen LogP contribution in [0, 0.1) is 0 Å². The van der Waals surface area contributed by atoms with Crippen molar-refractivity contribution in [1.82, 2.24) is 0 Å². The summed E-state index contributed by atoms with van der Waals surface area (Å²) in [5.74, 6) is 0.873. The summed E-state index contributed by atoms with van der Waals surface area (Å²) in [5, 5.41) is 0.487. The molecule has 0 unspecified atom stereocenters. The molecule has 2 aromatic carbocycles. The molecule has 1 aromatic heterocycles. The van der Waals surface area contributed by atoms with Crippen molar-refractivity contribution < 1.29 is 18.7 Å². The Morgan fingerprint density at radius 1 is 0.821 bits per heavy atom. The minimum atomic E-state index is -0.229. The average Bonchev–Trinajstić information content (AvgIpc) is 2.95. The van der Waals surface area contributed by atoms with Gasteiger partial charge >= 0.3 is 5.97 Å². The van der Waals surface area contributed by atoms with Crippen LogP contribution in [0.5, 0.6) is 11.5 Å². The third kappa shape index (κ3) is 10.2. The number of unbranched alkanes of at least 4 members (excludes halogenated alkanes) is 8. The Morgan fingerprint density at radius 3 is 2.21 bits per heavy atom. The number of carbonyl (C=O) groups is 1. The van der Waals surface area contributed by atoms with Gasteiger partial charge in [-0.15, -0.1) is 0 Å². The lowest BCUT2D eigenvalue weighted by Crippen LogP contribution is -2.08. The average molecular weight is 531 g/mol. The summed E-state index contributed by atoms with van der Waals surface area (Å²) in [6.45, 7) is 2.23. The number of ether oxygens (including phenoxy) is 2. The number of hydrogen-bond acceptors (Lipinski definition) is 5. The lowest BCUT2D eigenvalue weighted by Gasteiger charge is -2.07. The fraction of sp³-hybridized carbons (Fsp3) is 0.412. The summed E-state index contributed by atoms with van der Waals surface area (Å²) in [4.78, 5) is 25.2. The topological polar surface area (TPSA) is 65.7 Å². The van der Waals surface area contributed by atoms with E-state index in [1.165, 1.54) is 44.8 Å². The van der Waals surface area contributed by atoms with Crippen LogP contribution in [0.3, 0.4) is 0 Å². The third-order valence-electron chi connectivity index (χ3n) is 6.71. The number of carbonyl (C=O) groups excluding carboxylic acids is 1. The molecular weight excluding hydrogens is 488 g/mol. The maximum atomic E-state index is 12.9. The number of hydrogen-bond donors (Lipinski definition) is 0. The van der Waals surface area contributed by atoms with Crippen molar-refractivity contribution in [1.29, 1.82) is 0 Å². The molecular formula is C34H42O5. The van der Waals surface area contributed by atoms with Gasteiger partial charge in [-0.05, 0) is 68.4 Å². The van der Waals surface area contributed by atoms with E-state index in [1.807, 2.05) is 0 Å². The van der Waals surface area contributed by atoms with Crippen LogP contribution in [0.15, 0.2) is 82.2 Å². The van der Waals surface area contributed by atoms with Crippen molar-refractivity contribution in [3.8, 4) is 22.6 Å². The molecule has 0 atom stereocenters. The highest BCUT2D eigenvalue weighted by atomic mass is 16.5. The van der Waals surface area contributed by atoms with Gasteiger partial charge < -0.3 is 13.9 Å². The second-order valence-electron chi connectivity index (χ2n) is 9.82. The molecule has 5 nitrogen and oxygen atoms in total. The number of methoxy groups -OCH3 is 1. The Morgan fingerprint density at radius 2 is 1.49 bits per heavy atom. The zero-order chi connectivity index (χ0) is 27.7. The second kappa shape index (κ2) is 17.1. The van der Waals surface area contributed by atoms with Gasteiger partial charge in [0.1, 0.15) is 23.3 Å². The fourth-order valence-electron chi connectivity index (χ4n) is 4.40. The first-order chi connectivity index (χ1) is 19.1. The van der Waals surface area contributed by atoms with Gasteiger partial charge in [-0.2, -0.15) is 0 Å². The molecule has 0 saturated carbocycles. The van der Waals surface area contributed by atoms with Crippen LogP contribution in [0.1, 0.15) is 84.0 Å². The van der Waals surface area contributed by atoms with E-state index < -0.39 is 0 Å². The molecule has 0 amide bonds.